The number of aryl methyl sites for hydroxylation is 2. The Hall–Kier alpha value is -1.88. The van der Waals surface area contributed by atoms with Gasteiger partial charge in [-0.25, -0.2) is 4.98 Å². The van der Waals surface area contributed by atoms with Crippen molar-refractivity contribution in [3.05, 3.63) is 51.6 Å². The molecule has 0 radical (unpaired) electrons. The molecule has 0 bridgehead atoms. The molecule has 0 aliphatic rings. The molecule has 0 saturated carbocycles. The third kappa shape index (κ3) is 4.04. The average molecular weight is 349 g/mol. The Kier molecular flexibility index (Phi) is 4.96. The van der Waals surface area contributed by atoms with Crippen LogP contribution in [0, 0.1) is 20.8 Å². The number of rotatable bonds is 4. The minimum atomic E-state index is -0.228. The van der Waals surface area contributed by atoms with Gasteiger partial charge in [0.05, 0.1) is 0 Å². The number of anilines is 1. The van der Waals surface area contributed by atoms with Gasteiger partial charge in [0.15, 0.2) is 6.61 Å². The second-order valence-electron chi connectivity index (χ2n) is 4.85. The van der Waals surface area contributed by atoms with Crippen LogP contribution in [0.4, 0.5) is 5.82 Å². The van der Waals surface area contributed by atoms with Gasteiger partial charge in [-0.2, -0.15) is 0 Å². The van der Waals surface area contributed by atoms with Crippen LogP contribution in [0.2, 0.25) is 0 Å². The highest BCUT2D eigenvalue weighted by Gasteiger charge is 2.09. The van der Waals surface area contributed by atoms with E-state index >= 15 is 0 Å². The SMILES string of the molecule is Cc1cc(Br)cnc1NC(=O)COc1cccc(C)c1C. The molecule has 1 N–H and O–H groups in total. The number of aromatic nitrogens is 1. The molecule has 0 saturated heterocycles. The van der Waals surface area contributed by atoms with Crippen LogP contribution in [0.1, 0.15) is 16.7 Å². The Balaban J connectivity index is 1.97. The van der Waals surface area contributed by atoms with Gasteiger partial charge in [-0.15, -0.1) is 0 Å². The van der Waals surface area contributed by atoms with Gasteiger partial charge in [0.1, 0.15) is 11.6 Å². The zero-order valence-electron chi connectivity index (χ0n) is 12.2. The van der Waals surface area contributed by atoms with Crippen LogP contribution in [-0.4, -0.2) is 17.5 Å². The van der Waals surface area contributed by atoms with Gasteiger partial charge in [-0.1, -0.05) is 12.1 Å². The smallest absolute Gasteiger partial charge is 0.263 e. The predicted octanol–water partition coefficient (Wildman–Crippen LogP) is 3.79. The van der Waals surface area contributed by atoms with Crippen molar-refractivity contribution in [1.29, 1.82) is 0 Å². The topological polar surface area (TPSA) is 51.2 Å². The Morgan fingerprint density at radius 2 is 2.05 bits per heavy atom. The van der Waals surface area contributed by atoms with E-state index in [9.17, 15) is 4.79 Å². The first-order valence-electron chi connectivity index (χ1n) is 6.58. The lowest BCUT2D eigenvalue weighted by Gasteiger charge is -2.11. The maximum absolute atomic E-state index is 11.9. The summed E-state index contributed by atoms with van der Waals surface area (Å²) in [5.41, 5.74) is 3.08. The fourth-order valence-corrected chi connectivity index (χ4v) is 2.31. The molecule has 2 aromatic rings. The monoisotopic (exact) mass is 348 g/mol. The first-order valence-corrected chi connectivity index (χ1v) is 7.37. The van der Waals surface area contributed by atoms with Crippen LogP contribution in [-0.2, 0) is 4.79 Å². The van der Waals surface area contributed by atoms with Crippen LogP contribution in [0.25, 0.3) is 0 Å². The van der Waals surface area contributed by atoms with Crippen LogP contribution in [0.3, 0.4) is 0 Å². The van der Waals surface area contributed by atoms with E-state index in [4.69, 9.17) is 4.74 Å². The molecule has 21 heavy (non-hydrogen) atoms. The maximum atomic E-state index is 11.9. The number of ether oxygens (including phenoxy) is 1. The number of nitrogens with zero attached hydrogens (tertiary/aromatic N) is 1. The third-order valence-electron chi connectivity index (χ3n) is 3.22. The minimum Gasteiger partial charge on any atom is -0.483 e. The summed E-state index contributed by atoms with van der Waals surface area (Å²) in [5, 5.41) is 2.75. The lowest BCUT2D eigenvalue weighted by molar-refractivity contribution is -0.118. The number of carbonyl (C=O) groups excluding carboxylic acids is 1. The number of benzene rings is 1. The fraction of sp³-hybridized carbons (Fsp3) is 0.250. The summed E-state index contributed by atoms with van der Waals surface area (Å²) >= 11 is 3.34. The Morgan fingerprint density at radius 3 is 2.76 bits per heavy atom. The number of hydrogen-bond acceptors (Lipinski definition) is 3. The van der Waals surface area contributed by atoms with Crippen LogP contribution in [0.5, 0.6) is 5.75 Å². The van der Waals surface area contributed by atoms with Crippen molar-refractivity contribution in [1.82, 2.24) is 4.98 Å². The van der Waals surface area contributed by atoms with E-state index in [1.54, 1.807) is 6.20 Å². The summed E-state index contributed by atoms with van der Waals surface area (Å²) in [4.78, 5) is 16.1. The van der Waals surface area contributed by atoms with Crippen molar-refractivity contribution in [2.75, 3.05) is 11.9 Å². The van der Waals surface area contributed by atoms with E-state index in [0.717, 1.165) is 26.9 Å². The zero-order valence-corrected chi connectivity index (χ0v) is 13.8. The number of pyridine rings is 1. The quantitative estimate of drug-likeness (QED) is 0.914. The molecule has 4 nitrogen and oxygen atoms in total. The van der Waals surface area contributed by atoms with Crippen LogP contribution in [0.15, 0.2) is 34.9 Å². The summed E-state index contributed by atoms with van der Waals surface area (Å²) < 4.78 is 6.45. The molecule has 0 aliphatic carbocycles. The number of hydrogen-bond donors (Lipinski definition) is 1. The largest absolute Gasteiger partial charge is 0.483 e. The van der Waals surface area contributed by atoms with Gasteiger partial charge in [-0.05, 0) is 65.5 Å². The van der Waals surface area contributed by atoms with Gasteiger partial charge in [0, 0.05) is 10.7 Å². The summed E-state index contributed by atoms with van der Waals surface area (Å²) in [5.74, 6) is 1.05. The Morgan fingerprint density at radius 1 is 1.29 bits per heavy atom. The van der Waals surface area contributed by atoms with Crippen molar-refractivity contribution in [3.8, 4) is 5.75 Å². The number of nitrogens with one attached hydrogen (secondary N) is 1. The van der Waals surface area contributed by atoms with E-state index in [0.29, 0.717) is 5.82 Å². The third-order valence-corrected chi connectivity index (χ3v) is 3.65. The molecule has 2 rings (SSSR count). The first kappa shape index (κ1) is 15.5. The van der Waals surface area contributed by atoms with Gasteiger partial charge in [-0.3, -0.25) is 4.79 Å². The second-order valence-corrected chi connectivity index (χ2v) is 5.77. The molecule has 5 heteroatoms. The number of halogens is 1. The van der Waals surface area contributed by atoms with E-state index in [1.807, 2.05) is 45.0 Å². The van der Waals surface area contributed by atoms with Crippen molar-refractivity contribution < 1.29 is 9.53 Å². The number of carbonyl (C=O) groups is 1. The molecular weight excluding hydrogens is 332 g/mol. The molecule has 0 atom stereocenters. The first-order chi connectivity index (χ1) is 9.97. The highest BCUT2D eigenvalue weighted by Crippen LogP contribution is 2.21. The van der Waals surface area contributed by atoms with Gasteiger partial charge >= 0.3 is 0 Å². The average Bonchev–Trinajstić information content (AvgIpc) is 2.43. The zero-order chi connectivity index (χ0) is 15.4. The molecule has 0 aliphatic heterocycles. The lowest BCUT2D eigenvalue weighted by atomic mass is 10.1. The molecule has 1 aromatic heterocycles. The summed E-state index contributed by atoms with van der Waals surface area (Å²) in [6, 6.07) is 7.68. The Labute approximate surface area is 132 Å². The van der Waals surface area contributed by atoms with Crippen molar-refractivity contribution in [3.63, 3.8) is 0 Å². The molecular formula is C16H17BrN2O2. The second kappa shape index (κ2) is 6.72. The van der Waals surface area contributed by atoms with E-state index in [-0.39, 0.29) is 12.5 Å². The summed E-state index contributed by atoms with van der Waals surface area (Å²) in [6.45, 7) is 5.83. The lowest BCUT2D eigenvalue weighted by Crippen LogP contribution is -2.21. The standard InChI is InChI=1S/C16H17BrN2O2/c1-10-5-4-6-14(12(10)3)21-9-15(20)19-16-11(2)7-13(17)8-18-16/h4-8H,9H2,1-3H3,(H,18,19,20). The van der Waals surface area contributed by atoms with E-state index in [1.165, 1.54) is 0 Å². The molecule has 110 valence electrons. The number of amides is 1. The maximum Gasteiger partial charge on any atom is 0.263 e. The highest BCUT2D eigenvalue weighted by molar-refractivity contribution is 9.10. The molecule has 0 unspecified atom stereocenters. The van der Waals surface area contributed by atoms with Gasteiger partial charge < -0.3 is 10.1 Å². The normalized spacial score (nSPS) is 10.3. The molecule has 1 heterocycles. The van der Waals surface area contributed by atoms with Crippen LogP contribution < -0.4 is 10.1 Å². The minimum absolute atomic E-state index is 0.0402. The summed E-state index contributed by atoms with van der Waals surface area (Å²) in [6.07, 6.45) is 1.65. The van der Waals surface area contributed by atoms with Crippen molar-refractivity contribution >= 4 is 27.7 Å². The van der Waals surface area contributed by atoms with E-state index < -0.39 is 0 Å². The van der Waals surface area contributed by atoms with Gasteiger partial charge in [0.25, 0.3) is 5.91 Å². The fourth-order valence-electron chi connectivity index (χ4n) is 1.86. The van der Waals surface area contributed by atoms with E-state index in [2.05, 4.69) is 26.2 Å². The molecule has 0 fully saturated rings. The van der Waals surface area contributed by atoms with Crippen LogP contribution >= 0.6 is 15.9 Å². The van der Waals surface area contributed by atoms with Gasteiger partial charge in [0.2, 0.25) is 0 Å². The molecule has 0 spiro atoms. The Bertz CT molecular complexity index is 671. The molecule has 1 aromatic carbocycles. The summed E-state index contributed by atoms with van der Waals surface area (Å²) in [7, 11) is 0. The highest BCUT2D eigenvalue weighted by atomic mass is 79.9. The predicted molar refractivity (Wildman–Crippen MR) is 86.7 cm³/mol. The van der Waals surface area contributed by atoms with Crippen molar-refractivity contribution in [2.45, 2.75) is 20.8 Å². The van der Waals surface area contributed by atoms with Crippen molar-refractivity contribution in [2.24, 2.45) is 0 Å². The molecule has 1 amide bonds.